The highest BCUT2D eigenvalue weighted by atomic mass is 32.2. The average Bonchev–Trinajstić information content (AvgIpc) is 2.83. The summed E-state index contributed by atoms with van der Waals surface area (Å²) in [7, 11) is -3.63. The van der Waals surface area contributed by atoms with Crippen LogP contribution in [0, 0.1) is 0 Å². The van der Waals surface area contributed by atoms with Crippen molar-refractivity contribution < 1.29 is 17.9 Å². The van der Waals surface area contributed by atoms with Crippen molar-refractivity contribution in [1.29, 1.82) is 0 Å². The largest absolute Gasteiger partial charge is 0.485 e. The fourth-order valence-corrected chi connectivity index (χ4v) is 4.10. The second-order valence-corrected chi connectivity index (χ2v) is 7.15. The number of hydrogen-bond donors (Lipinski definition) is 2. The standard InChI is InChI=1S/C14H19N3O4S/c1-2-7-15-14(18)17-8-10-12(9-17)21-11-5-3-4-6-13(11)22(19,20)16-10/h3-6,10,12,16H,2,7-9H2,1H3,(H,15,18)/t10-,12+/m1/s1. The van der Waals surface area contributed by atoms with Gasteiger partial charge in [-0.05, 0) is 18.6 Å². The van der Waals surface area contributed by atoms with E-state index in [0.717, 1.165) is 6.42 Å². The first-order chi connectivity index (χ1) is 10.5. The highest BCUT2D eigenvalue weighted by molar-refractivity contribution is 7.89. The van der Waals surface area contributed by atoms with Gasteiger partial charge in [-0.25, -0.2) is 17.9 Å². The lowest BCUT2D eigenvalue weighted by Gasteiger charge is -2.17. The molecule has 2 aliphatic rings. The van der Waals surface area contributed by atoms with Gasteiger partial charge in [0.2, 0.25) is 10.0 Å². The molecule has 0 radical (unpaired) electrons. The molecule has 8 heteroatoms. The van der Waals surface area contributed by atoms with E-state index >= 15 is 0 Å². The Bertz CT molecular complexity index is 676. The molecule has 0 aliphatic carbocycles. The zero-order valence-corrected chi connectivity index (χ0v) is 13.1. The van der Waals surface area contributed by atoms with Gasteiger partial charge in [0.1, 0.15) is 16.7 Å². The van der Waals surface area contributed by atoms with E-state index in [1.54, 1.807) is 23.1 Å². The first-order valence-electron chi connectivity index (χ1n) is 7.32. The summed E-state index contributed by atoms with van der Waals surface area (Å²) >= 11 is 0. The molecule has 0 bridgehead atoms. The van der Waals surface area contributed by atoms with Gasteiger partial charge in [-0.2, -0.15) is 0 Å². The van der Waals surface area contributed by atoms with Crippen LogP contribution >= 0.6 is 0 Å². The van der Waals surface area contributed by atoms with Crippen molar-refractivity contribution in [2.45, 2.75) is 30.4 Å². The van der Waals surface area contributed by atoms with E-state index in [4.69, 9.17) is 4.74 Å². The number of amides is 2. The van der Waals surface area contributed by atoms with Crippen molar-refractivity contribution in [3.05, 3.63) is 24.3 Å². The summed E-state index contributed by atoms with van der Waals surface area (Å²) in [6, 6.07) is 5.92. The zero-order chi connectivity index (χ0) is 15.7. The third kappa shape index (κ3) is 2.76. The SMILES string of the molecule is CCCNC(=O)N1C[C@@H]2Oc3ccccc3S(=O)(=O)N[C@@H]2C1. The second-order valence-electron chi connectivity index (χ2n) is 5.47. The van der Waals surface area contributed by atoms with E-state index in [1.165, 1.54) is 6.07 Å². The van der Waals surface area contributed by atoms with Crippen LogP contribution < -0.4 is 14.8 Å². The van der Waals surface area contributed by atoms with Crippen LogP contribution in [0.5, 0.6) is 5.75 Å². The number of sulfonamides is 1. The van der Waals surface area contributed by atoms with Crippen LogP contribution in [0.4, 0.5) is 4.79 Å². The first kappa shape index (κ1) is 15.1. The lowest BCUT2D eigenvalue weighted by atomic mass is 10.2. The lowest BCUT2D eigenvalue weighted by Crippen LogP contribution is -2.43. The quantitative estimate of drug-likeness (QED) is 0.830. The highest BCUT2D eigenvalue weighted by Gasteiger charge is 2.42. The fourth-order valence-electron chi connectivity index (χ4n) is 2.71. The lowest BCUT2D eigenvalue weighted by molar-refractivity contribution is 0.179. The molecule has 2 amide bonds. The zero-order valence-electron chi connectivity index (χ0n) is 12.3. The van der Waals surface area contributed by atoms with Crippen molar-refractivity contribution in [3.63, 3.8) is 0 Å². The van der Waals surface area contributed by atoms with Gasteiger partial charge in [-0.15, -0.1) is 0 Å². The molecule has 0 spiro atoms. The molecule has 3 rings (SSSR count). The molecule has 1 aromatic carbocycles. The van der Waals surface area contributed by atoms with Gasteiger partial charge < -0.3 is 15.0 Å². The Morgan fingerprint density at radius 3 is 2.95 bits per heavy atom. The van der Waals surface area contributed by atoms with Crippen LogP contribution in [-0.2, 0) is 10.0 Å². The van der Waals surface area contributed by atoms with E-state index in [-0.39, 0.29) is 17.0 Å². The summed E-state index contributed by atoms with van der Waals surface area (Å²) < 4.78 is 33.2. The van der Waals surface area contributed by atoms with E-state index in [0.29, 0.717) is 25.4 Å². The molecule has 1 fully saturated rings. The minimum absolute atomic E-state index is 0.145. The van der Waals surface area contributed by atoms with Crippen LogP contribution in [0.3, 0.4) is 0 Å². The fraction of sp³-hybridized carbons (Fsp3) is 0.500. The molecule has 22 heavy (non-hydrogen) atoms. The number of rotatable bonds is 2. The Morgan fingerprint density at radius 1 is 1.41 bits per heavy atom. The molecular weight excluding hydrogens is 306 g/mol. The van der Waals surface area contributed by atoms with Gasteiger partial charge in [0.25, 0.3) is 0 Å². The molecule has 0 saturated carbocycles. The number of nitrogens with zero attached hydrogens (tertiary/aromatic N) is 1. The molecule has 1 saturated heterocycles. The number of nitrogens with one attached hydrogen (secondary N) is 2. The number of fused-ring (bicyclic) bond motifs is 2. The smallest absolute Gasteiger partial charge is 0.317 e. The minimum Gasteiger partial charge on any atom is -0.485 e. The molecule has 0 aromatic heterocycles. The summed E-state index contributed by atoms with van der Waals surface area (Å²) in [4.78, 5) is 13.8. The number of carbonyl (C=O) groups is 1. The number of para-hydroxylation sites is 1. The maximum absolute atomic E-state index is 12.4. The number of hydrogen-bond acceptors (Lipinski definition) is 4. The number of urea groups is 1. The monoisotopic (exact) mass is 325 g/mol. The van der Waals surface area contributed by atoms with Crippen molar-refractivity contribution in [1.82, 2.24) is 14.9 Å². The van der Waals surface area contributed by atoms with Crippen LogP contribution in [0.2, 0.25) is 0 Å². The topological polar surface area (TPSA) is 87.7 Å². The van der Waals surface area contributed by atoms with Crippen LogP contribution in [0.25, 0.3) is 0 Å². The summed E-state index contributed by atoms with van der Waals surface area (Å²) in [5.74, 6) is 0.332. The number of ether oxygens (including phenoxy) is 1. The maximum Gasteiger partial charge on any atom is 0.317 e. The Morgan fingerprint density at radius 2 is 2.18 bits per heavy atom. The summed E-state index contributed by atoms with van der Waals surface area (Å²) in [6.07, 6.45) is 0.467. The van der Waals surface area contributed by atoms with Gasteiger partial charge in [-0.1, -0.05) is 19.1 Å². The minimum atomic E-state index is -3.63. The second kappa shape index (κ2) is 5.77. The molecule has 2 atom stereocenters. The van der Waals surface area contributed by atoms with Gasteiger partial charge in [0.05, 0.1) is 12.6 Å². The predicted molar refractivity (Wildman–Crippen MR) is 80.2 cm³/mol. The molecule has 120 valence electrons. The molecule has 0 unspecified atom stereocenters. The summed E-state index contributed by atoms with van der Waals surface area (Å²) in [5, 5.41) is 2.79. The molecule has 2 heterocycles. The normalized spacial score (nSPS) is 25.6. The van der Waals surface area contributed by atoms with Crippen molar-refractivity contribution in [3.8, 4) is 5.75 Å². The third-order valence-corrected chi connectivity index (χ3v) is 5.33. The Balaban J connectivity index is 1.81. The molecular formula is C14H19N3O4S. The molecule has 7 nitrogen and oxygen atoms in total. The molecule has 2 N–H and O–H groups in total. The Kier molecular flexibility index (Phi) is 3.96. The van der Waals surface area contributed by atoms with Gasteiger partial charge in [0.15, 0.2) is 0 Å². The number of benzene rings is 1. The van der Waals surface area contributed by atoms with E-state index in [1.807, 2.05) is 6.92 Å². The summed E-state index contributed by atoms with van der Waals surface area (Å²) in [5.41, 5.74) is 0. The van der Waals surface area contributed by atoms with Crippen molar-refractivity contribution in [2.75, 3.05) is 19.6 Å². The van der Waals surface area contributed by atoms with Crippen LogP contribution in [-0.4, -0.2) is 51.1 Å². The summed E-state index contributed by atoms with van der Waals surface area (Å²) in [6.45, 7) is 3.23. The number of carbonyl (C=O) groups excluding carboxylic acids is 1. The Labute approximate surface area is 129 Å². The average molecular weight is 325 g/mol. The van der Waals surface area contributed by atoms with Crippen LogP contribution in [0.15, 0.2) is 29.2 Å². The van der Waals surface area contributed by atoms with Crippen molar-refractivity contribution >= 4 is 16.1 Å². The van der Waals surface area contributed by atoms with Gasteiger partial charge >= 0.3 is 6.03 Å². The van der Waals surface area contributed by atoms with Gasteiger partial charge in [0, 0.05) is 13.1 Å². The van der Waals surface area contributed by atoms with Gasteiger partial charge in [-0.3, -0.25) is 0 Å². The van der Waals surface area contributed by atoms with E-state index in [9.17, 15) is 13.2 Å². The third-order valence-electron chi connectivity index (χ3n) is 3.80. The highest BCUT2D eigenvalue weighted by Crippen LogP contribution is 2.30. The maximum atomic E-state index is 12.4. The molecule has 2 aliphatic heterocycles. The van der Waals surface area contributed by atoms with E-state index in [2.05, 4.69) is 10.0 Å². The first-order valence-corrected chi connectivity index (χ1v) is 8.80. The molecule has 1 aromatic rings. The number of likely N-dealkylation sites (tertiary alicyclic amines) is 1. The van der Waals surface area contributed by atoms with E-state index < -0.39 is 16.1 Å². The van der Waals surface area contributed by atoms with Crippen LogP contribution in [0.1, 0.15) is 13.3 Å². The predicted octanol–water partition coefficient (Wildman–Crippen LogP) is 0.530. The van der Waals surface area contributed by atoms with Crippen molar-refractivity contribution in [2.24, 2.45) is 0 Å². The Hall–Kier alpha value is -1.80.